The van der Waals surface area contributed by atoms with Crippen molar-refractivity contribution in [2.24, 2.45) is 10.8 Å². The zero-order valence-electron chi connectivity index (χ0n) is 11.1. The summed E-state index contributed by atoms with van der Waals surface area (Å²) in [6.07, 6.45) is 1.47. The van der Waals surface area contributed by atoms with Gasteiger partial charge in [-0.3, -0.25) is 0 Å². The average molecular weight is 287 g/mol. The highest BCUT2D eigenvalue weighted by Crippen LogP contribution is 2.13. The van der Waals surface area contributed by atoms with Crippen LogP contribution in [-0.2, 0) is 6.61 Å². The highest BCUT2D eigenvalue weighted by molar-refractivity contribution is 5.81. The molecule has 0 aliphatic carbocycles. The Labute approximate surface area is 121 Å². The zero-order valence-corrected chi connectivity index (χ0v) is 11.1. The lowest BCUT2D eigenvalue weighted by Crippen LogP contribution is -2.24. The molecule has 0 bridgehead atoms. The van der Waals surface area contributed by atoms with E-state index in [1.54, 1.807) is 36.4 Å². The van der Waals surface area contributed by atoms with Crippen molar-refractivity contribution in [1.29, 1.82) is 0 Å². The molecule has 21 heavy (non-hydrogen) atoms. The second-order valence-corrected chi connectivity index (χ2v) is 4.22. The summed E-state index contributed by atoms with van der Waals surface area (Å²) < 4.78 is 18.3. The molecule has 2 amide bonds. The molecule has 0 heterocycles. The number of amides is 2. The van der Waals surface area contributed by atoms with Gasteiger partial charge in [0.2, 0.25) is 0 Å². The van der Waals surface area contributed by atoms with Crippen LogP contribution in [0.4, 0.5) is 9.18 Å². The van der Waals surface area contributed by atoms with Crippen LogP contribution in [0.3, 0.4) is 0 Å². The first-order valence-electron chi connectivity index (χ1n) is 6.19. The average Bonchev–Trinajstić information content (AvgIpc) is 2.48. The highest BCUT2D eigenvalue weighted by atomic mass is 19.1. The van der Waals surface area contributed by atoms with Crippen molar-refractivity contribution in [2.75, 3.05) is 0 Å². The van der Waals surface area contributed by atoms with E-state index in [4.69, 9.17) is 10.5 Å². The maximum absolute atomic E-state index is 12.8. The molecule has 3 N–H and O–H groups in total. The molecule has 0 aromatic heterocycles. The zero-order chi connectivity index (χ0) is 15.1. The maximum Gasteiger partial charge on any atom is 0.332 e. The number of carbonyl (C=O) groups excluding carboxylic acids is 1. The molecule has 0 radical (unpaired) electrons. The van der Waals surface area contributed by atoms with Crippen LogP contribution in [0.5, 0.6) is 5.75 Å². The van der Waals surface area contributed by atoms with Gasteiger partial charge in [-0.25, -0.2) is 14.6 Å². The molecule has 0 saturated carbocycles. The van der Waals surface area contributed by atoms with Crippen LogP contribution in [0.15, 0.2) is 53.6 Å². The molecule has 5 nitrogen and oxygen atoms in total. The highest BCUT2D eigenvalue weighted by Gasteiger charge is 1.97. The van der Waals surface area contributed by atoms with E-state index in [2.05, 4.69) is 10.5 Å². The maximum atomic E-state index is 12.8. The van der Waals surface area contributed by atoms with Gasteiger partial charge >= 0.3 is 6.03 Å². The number of ether oxygens (including phenoxy) is 1. The summed E-state index contributed by atoms with van der Waals surface area (Å²) >= 11 is 0. The minimum Gasteiger partial charge on any atom is -0.489 e. The molecule has 0 aliphatic rings. The van der Waals surface area contributed by atoms with Crippen molar-refractivity contribution in [2.45, 2.75) is 6.61 Å². The summed E-state index contributed by atoms with van der Waals surface area (Å²) in [7, 11) is 0. The Morgan fingerprint density at radius 3 is 2.48 bits per heavy atom. The largest absolute Gasteiger partial charge is 0.489 e. The number of nitrogens with two attached hydrogens (primary N) is 1. The van der Waals surface area contributed by atoms with Crippen molar-refractivity contribution >= 4 is 12.2 Å². The van der Waals surface area contributed by atoms with E-state index in [-0.39, 0.29) is 5.82 Å². The van der Waals surface area contributed by atoms with E-state index in [0.717, 1.165) is 11.1 Å². The predicted molar refractivity (Wildman–Crippen MR) is 77.5 cm³/mol. The van der Waals surface area contributed by atoms with Gasteiger partial charge in [0.05, 0.1) is 6.21 Å². The first kappa shape index (κ1) is 14.5. The van der Waals surface area contributed by atoms with Gasteiger partial charge in [-0.15, -0.1) is 0 Å². The second-order valence-electron chi connectivity index (χ2n) is 4.22. The molecule has 0 aliphatic heterocycles. The molecule has 0 saturated heterocycles. The van der Waals surface area contributed by atoms with Crippen LogP contribution in [-0.4, -0.2) is 12.2 Å². The van der Waals surface area contributed by atoms with E-state index in [1.165, 1.54) is 18.3 Å². The lowest BCUT2D eigenvalue weighted by atomic mass is 10.2. The quantitative estimate of drug-likeness (QED) is 0.654. The van der Waals surface area contributed by atoms with Crippen LogP contribution in [0.2, 0.25) is 0 Å². The molecule has 2 rings (SSSR count). The Hall–Kier alpha value is -2.89. The van der Waals surface area contributed by atoms with Gasteiger partial charge < -0.3 is 10.5 Å². The normalized spacial score (nSPS) is 10.5. The fraction of sp³-hybridized carbons (Fsp3) is 0.0667. The van der Waals surface area contributed by atoms with E-state index < -0.39 is 6.03 Å². The fourth-order valence-corrected chi connectivity index (χ4v) is 1.57. The third-order valence-corrected chi connectivity index (χ3v) is 2.59. The summed E-state index contributed by atoms with van der Waals surface area (Å²) in [6.45, 7) is 0.358. The molecule has 0 fully saturated rings. The van der Waals surface area contributed by atoms with Crippen molar-refractivity contribution in [3.63, 3.8) is 0 Å². The number of rotatable bonds is 5. The Kier molecular flexibility index (Phi) is 4.87. The molecule has 2 aromatic rings. The number of hydrogen-bond acceptors (Lipinski definition) is 3. The smallest absolute Gasteiger partial charge is 0.332 e. The van der Waals surface area contributed by atoms with E-state index >= 15 is 0 Å². The van der Waals surface area contributed by atoms with Crippen LogP contribution in [0.25, 0.3) is 0 Å². The minimum absolute atomic E-state index is 0.271. The minimum atomic E-state index is -0.717. The topological polar surface area (TPSA) is 76.7 Å². The first-order valence-corrected chi connectivity index (χ1v) is 6.19. The molecule has 6 heteroatoms. The Morgan fingerprint density at radius 2 is 1.86 bits per heavy atom. The van der Waals surface area contributed by atoms with Crippen molar-refractivity contribution in [3.05, 3.63) is 65.5 Å². The SMILES string of the molecule is NC(=O)N/N=C/c1ccc(OCc2ccc(F)cc2)cc1. The number of nitrogens with zero attached hydrogens (tertiary/aromatic N) is 1. The van der Waals surface area contributed by atoms with Crippen molar-refractivity contribution in [1.82, 2.24) is 5.43 Å². The van der Waals surface area contributed by atoms with Crippen LogP contribution >= 0.6 is 0 Å². The number of primary amides is 1. The number of carbonyl (C=O) groups is 1. The van der Waals surface area contributed by atoms with Crippen LogP contribution < -0.4 is 15.9 Å². The molecule has 0 unspecified atom stereocenters. The standard InChI is InChI=1S/C15H14FN3O2/c16-13-5-1-12(2-6-13)10-21-14-7-3-11(4-8-14)9-18-19-15(17)20/h1-9H,10H2,(H3,17,19,20)/b18-9+. The number of nitrogens with one attached hydrogen (secondary N) is 1. The second kappa shape index (κ2) is 7.04. The molecule has 2 aromatic carbocycles. The Bertz CT molecular complexity index is 624. The predicted octanol–water partition coefficient (Wildman–Crippen LogP) is 2.41. The van der Waals surface area contributed by atoms with Gasteiger partial charge in [0, 0.05) is 0 Å². The van der Waals surface area contributed by atoms with E-state index in [0.29, 0.717) is 12.4 Å². The number of urea groups is 1. The summed E-state index contributed by atoms with van der Waals surface area (Å²) in [5, 5.41) is 3.65. The van der Waals surface area contributed by atoms with Gasteiger partial charge in [-0.1, -0.05) is 12.1 Å². The summed E-state index contributed by atoms with van der Waals surface area (Å²) in [6, 6.07) is 12.5. The number of hydrazone groups is 1. The van der Waals surface area contributed by atoms with E-state index in [9.17, 15) is 9.18 Å². The fourth-order valence-electron chi connectivity index (χ4n) is 1.57. The summed E-state index contributed by atoms with van der Waals surface area (Å²) in [4.78, 5) is 10.4. The van der Waals surface area contributed by atoms with Crippen LogP contribution in [0.1, 0.15) is 11.1 Å². The van der Waals surface area contributed by atoms with Gasteiger partial charge in [-0.05, 0) is 47.5 Å². The molecule has 0 spiro atoms. The van der Waals surface area contributed by atoms with E-state index in [1.807, 2.05) is 0 Å². The van der Waals surface area contributed by atoms with Crippen LogP contribution in [0, 0.1) is 5.82 Å². The molecular weight excluding hydrogens is 273 g/mol. The summed E-state index contributed by atoms with van der Waals surface area (Å²) in [5.74, 6) is 0.409. The third kappa shape index (κ3) is 4.94. The van der Waals surface area contributed by atoms with Gasteiger partial charge in [-0.2, -0.15) is 5.10 Å². The van der Waals surface area contributed by atoms with Crippen molar-refractivity contribution < 1.29 is 13.9 Å². The Morgan fingerprint density at radius 1 is 1.19 bits per heavy atom. The third-order valence-electron chi connectivity index (χ3n) is 2.59. The molecular formula is C15H14FN3O2. The summed E-state index contributed by atoms with van der Waals surface area (Å²) in [5.41, 5.74) is 8.66. The molecule has 0 atom stereocenters. The number of halogens is 1. The van der Waals surface area contributed by atoms with Gasteiger partial charge in [0.25, 0.3) is 0 Å². The molecule has 108 valence electrons. The number of hydrogen-bond donors (Lipinski definition) is 2. The number of benzene rings is 2. The first-order chi connectivity index (χ1) is 10.1. The lowest BCUT2D eigenvalue weighted by Gasteiger charge is -2.06. The monoisotopic (exact) mass is 287 g/mol. The lowest BCUT2D eigenvalue weighted by molar-refractivity contribution is 0.249. The van der Waals surface area contributed by atoms with Gasteiger partial charge in [0.15, 0.2) is 0 Å². The van der Waals surface area contributed by atoms with Gasteiger partial charge in [0.1, 0.15) is 18.2 Å². The Balaban J connectivity index is 1.88. The van der Waals surface area contributed by atoms with Crippen molar-refractivity contribution in [3.8, 4) is 5.75 Å².